The minimum atomic E-state index is 0.742. The number of anilines is 1. The summed E-state index contributed by atoms with van der Waals surface area (Å²) in [4.78, 5) is 0. The minimum Gasteiger partial charge on any atom is -0.497 e. The number of para-hydroxylation sites is 2. The molecule has 3 aromatic rings. The first kappa shape index (κ1) is 16.3. The van der Waals surface area contributed by atoms with Crippen molar-refractivity contribution in [2.75, 3.05) is 33.2 Å². The number of fused-ring (bicyclic) bond motifs is 1. The normalized spacial score (nSPS) is 12.4. The van der Waals surface area contributed by atoms with Gasteiger partial charge in [-0.3, -0.25) is 0 Å². The van der Waals surface area contributed by atoms with Crippen LogP contribution in [0.5, 0.6) is 17.2 Å². The van der Waals surface area contributed by atoms with E-state index in [1.807, 2.05) is 47.1 Å². The van der Waals surface area contributed by atoms with Crippen LogP contribution in [0.3, 0.4) is 0 Å². The summed E-state index contributed by atoms with van der Waals surface area (Å²) in [5, 5.41) is 8.34. The van der Waals surface area contributed by atoms with Crippen LogP contribution in [0.2, 0.25) is 0 Å². The average Bonchev–Trinajstić information content (AvgIpc) is 3.30. The van der Waals surface area contributed by atoms with E-state index in [0.29, 0.717) is 0 Å². The van der Waals surface area contributed by atoms with Crippen molar-refractivity contribution in [3.05, 3.63) is 48.0 Å². The van der Waals surface area contributed by atoms with Gasteiger partial charge in [0.2, 0.25) is 0 Å². The van der Waals surface area contributed by atoms with Crippen molar-refractivity contribution in [1.82, 2.24) is 9.78 Å². The zero-order valence-electron chi connectivity index (χ0n) is 15.1. The van der Waals surface area contributed by atoms with E-state index in [2.05, 4.69) is 5.32 Å². The Morgan fingerprint density at radius 2 is 1.69 bits per heavy atom. The van der Waals surface area contributed by atoms with Gasteiger partial charge in [0, 0.05) is 23.7 Å². The number of ether oxygens (including phenoxy) is 3. The van der Waals surface area contributed by atoms with Gasteiger partial charge >= 0.3 is 0 Å². The predicted molar refractivity (Wildman–Crippen MR) is 101 cm³/mol. The lowest BCUT2D eigenvalue weighted by Crippen LogP contribution is -2.05. The predicted octanol–water partition coefficient (Wildman–Crippen LogP) is 3.53. The maximum Gasteiger partial charge on any atom is 0.144 e. The third-order valence-electron chi connectivity index (χ3n) is 4.59. The zero-order valence-corrected chi connectivity index (χ0v) is 15.1. The van der Waals surface area contributed by atoms with Crippen molar-refractivity contribution in [3.63, 3.8) is 0 Å². The number of hydrogen-bond acceptors (Lipinski definition) is 5. The molecule has 4 rings (SSSR count). The van der Waals surface area contributed by atoms with Gasteiger partial charge < -0.3 is 19.5 Å². The van der Waals surface area contributed by atoms with Gasteiger partial charge in [-0.15, -0.1) is 0 Å². The second-order valence-electron chi connectivity index (χ2n) is 6.04. The molecule has 2 aromatic carbocycles. The van der Waals surface area contributed by atoms with Gasteiger partial charge in [-0.25, -0.2) is 4.68 Å². The van der Waals surface area contributed by atoms with Gasteiger partial charge in [-0.1, -0.05) is 12.1 Å². The highest BCUT2D eigenvalue weighted by Crippen LogP contribution is 2.38. The largest absolute Gasteiger partial charge is 0.497 e. The van der Waals surface area contributed by atoms with Crippen LogP contribution in [0.4, 0.5) is 5.82 Å². The molecule has 1 aromatic heterocycles. The van der Waals surface area contributed by atoms with Crippen molar-refractivity contribution in [1.29, 1.82) is 0 Å². The lowest BCUT2D eigenvalue weighted by atomic mass is 10.1. The molecule has 0 amide bonds. The molecule has 1 aliphatic heterocycles. The van der Waals surface area contributed by atoms with Gasteiger partial charge in [-0.05, 0) is 30.7 Å². The Morgan fingerprint density at radius 3 is 2.38 bits per heavy atom. The summed E-state index contributed by atoms with van der Waals surface area (Å²) >= 11 is 0. The number of hydrogen-bond donors (Lipinski definition) is 1. The molecule has 0 radical (unpaired) electrons. The molecule has 6 heteroatoms. The van der Waals surface area contributed by atoms with Crippen molar-refractivity contribution >= 4 is 5.82 Å². The molecular weight excluding hydrogens is 330 g/mol. The van der Waals surface area contributed by atoms with Crippen LogP contribution in [0.25, 0.3) is 16.9 Å². The molecule has 0 saturated carbocycles. The van der Waals surface area contributed by atoms with E-state index in [9.17, 15) is 0 Å². The molecule has 0 atom stereocenters. The van der Waals surface area contributed by atoms with E-state index >= 15 is 0 Å². The van der Waals surface area contributed by atoms with Gasteiger partial charge in [-0.2, -0.15) is 5.10 Å². The fourth-order valence-electron chi connectivity index (χ4n) is 3.33. The summed E-state index contributed by atoms with van der Waals surface area (Å²) in [7, 11) is 4.97. The summed E-state index contributed by atoms with van der Waals surface area (Å²) in [6, 6.07) is 13.7. The fourth-order valence-corrected chi connectivity index (χ4v) is 3.33. The molecule has 0 spiro atoms. The molecule has 0 aliphatic carbocycles. The molecule has 0 fully saturated rings. The lowest BCUT2D eigenvalue weighted by Gasteiger charge is -2.11. The SMILES string of the molecule is COc1cc(OC)cc(-c2nn(-c3ccccc3OC)c3c2CCN3)c1. The number of nitrogens with one attached hydrogen (secondary N) is 1. The Kier molecular flexibility index (Phi) is 4.16. The Bertz CT molecular complexity index is 927. The quantitative estimate of drug-likeness (QED) is 0.762. The van der Waals surface area contributed by atoms with E-state index in [4.69, 9.17) is 19.3 Å². The second-order valence-corrected chi connectivity index (χ2v) is 6.04. The van der Waals surface area contributed by atoms with Crippen LogP contribution in [0.15, 0.2) is 42.5 Å². The standard InChI is InChI=1S/C20H21N3O3/c1-24-14-10-13(11-15(12-14)25-2)19-16-8-9-21-20(16)23(22-19)17-6-4-5-7-18(17)26-3/h4-7,10-12,21H,8-9H2,1-3H3. The maximum atomic E-state index is 5.52. The van der Waals surface area contributed by atoms with Crippen molar-refractivity contribution in [3.8, 4) is 34.2 Å². The van der Waals surface area contributed by atoms with Gasteiger partial charge in [0.05, 0.1) is 27.0 Å². The minimum absolute atomic E-state index is 0.742. The zero-order chi connectivity index (χ0) is 18.1. The van der Waals surface area contributed by atoms with E-state index in [-0.39, 0.29) is 0 Å². The monoisotopic (exact) mass is 351 g/mol. The molecule has 26 heavy (non-hydrogen) atoms. The van der Waals surface area contributed by atoms with E-state index in [0.717, 1.165) is 53.0 Å². The van der Waals surface area contributed by atoms with Crippen LogP contribution in [0.1, 0.15) is 5.56 Å². The molecule has 134 valence electrons. The number of nitrogens with zero attached hydrogens (tertiary/aromatic N) is 2. The summed E-state index contributed by atoms with van der Waals surface area (Å²) in [6.07, 6.45) is 0.916. The number of rotatable bonds is 5. The molecular formula is C20H21N3O3. The van der Waals surface area contributed by atoms with Crippen LogP contribution < -0.4 is 19.5 Å². The summed E-state index contributed by atoms with van der Waals surface area (Å²) in [5.41, 5.74) is 3.98. The highest BCUT2D eigenvalue weighted by atomic mass is 16.5. The lowest BCUT2D eigenvalue weighted by molar-refractivity contribution is 0.394. The Hall–Kier alpha value is -3.15. The third-order valence-corrected chi connectivity index (χ3v) is 4.59. The highest BCUT2D eigenvalue weighted by molar-refractivity contribution is 5.75. The van der Waals surface area contributed by atoms with Crippen LogP contribution in [-0.2, 0) is 6.42 Å². The van der Waals surface area contributed by atoms with Crippen molar-refractivity contribution in [2.24, 2.45) is 0 Å². The first-order valence-electron chi connectivity index (χ1n) is 8.47. The van der Waals surface area contributed by atoms with E-state index < -0.39 is 0 Å². The molecule has 0 saturated heterocycles. The fraction of sp³-hybridized carbons (Fsp3) is 0.250. The first-order chi connectivity index (χ1) is 12.7. The van der Waals surface area contributed by atoms with Crippen molar-refractivity contribution in [2.45, 2.75) is 6.42 Å². The van der Waals surface area contributed by atoms with E-state index in [1.165, 1.54) is 5.56 Å². The third kappa shape index (κ3) is 2.63. The van der Waals surface area contributed by atoms with E-state index in [1.54, 1.807) is 21.3 Å². The average molecular weight is 351 g/mol. The Labute approximate surface area is 152 Å². The van der Waals surface area contributed by atoms with Gasteiger partial charge in [0.25, 0.3) is 0 Å². The summed E-state index contributed by atoms with van der Waals surface area (Å²) < 4.78 is 18.3. The topological polar surface area (TPSA) is 57.5 Å². The summed E-state index contributed by atoms with van der Waals surface area (Å²) in [5.74, 6) is 3.27. The molecule has 6 nitrogen and oxygen atoms in total. The molecule has 1 N–H and O–H groups in total. The smallest absolute Gasteiger partial charge is 0.144 e. The number of benzene rings is 2. The molecule has 0 unspecified atom stereocenters. The highest BCUT2D eigenvalue weighted by Gasteiger charge is 2.25. The van der Waals surface area contributed by atoms with Crippen LogP contribution >= 0.6 is 0 Å². The van der Waals surface area contributed by atoms with Crippen LogP contribution in [-0.4, -0.2) is 37.7 Å². The van der Waals surface area contributed by atoms with Crippen LogP contribution in [0, 0.1) is 0 Å². The molecule has 2 heterocycles. The van der Waals surface area contributed by atoms with Gasteiger partial charge in [0.1, 0.15) is 28.8 Å². The number of aromatic nitrogens is 2. The Morgan fingerprint density at radius 1 is 0.962 bits per heavy atom. The summed E-state index contributed by atoms with van der Waals surface area (Å²) in [6.45, 7) is 0.885. The molecule has 1 aliphatic rings. The number of methoxy groups -OCH3 is 3. The van der Waals surface area contributed by atoms with Gasteiger partial charge in [0.15, 0.2) is 0 Å². The van der Waals surface area contributed by atoms with Crippen molar-refractivity contribution < 1.29 is 14.2 Å². The maximum absolute atomic E-state index is 5.52. The molecule has 0 bridgehead atoms. The first-order valence-corrected chi connectivity index (χ1v) is 8.47. The second kappa shape index (κ2) is 6.63. The Balaban J connectivity index is 1.90.